The lowest BCUT2D eigenvalue weighted by atomic mass is 10.1. The Balaban J connectivity index is 1.95. The number of pyridine rings is 1. The van der Waals surface area contributed by atoms with Gasteiger partial charge >= 0.3 is 0 Å². The van der Waals surface area contributed by atoms with Crippen LogP contribution in [-0.4, -0.2) is 15.8 Å². The molecule has 1 aromatic carbocycles. The molecule has 4 nitrogen and oxygen atoms in total. The summed E-state index contributed by atoms with van der Waals surface area (Å²) in [6.45, 7) is 2.11. The van der Waals surface area contributed by atoms with E-state index in [1.165, 1.54) is 12.3 Å². The van der Waals surface area contributed by atoms with Crippen LogP contribution in [0, 0.1) is 17.1 Å². The second-order valence-corrected chi connectivity index (χ2v) is 4.96. The van der Waals surface area contributed by atoms with E-state index in [4.69, 9.17) is 5.26 Å². The lowest BCUT2D eigenvalue weighted by Gasteiger charge is -2.24. The lowest BCUT2D eigenvalue weighted by molar-refractivity contribution is 0.0712. The summed E-state index contributed by atoms with van der Waals surface area (Å²) >= 11 is 0. The molecule has 1 amide bonds. The van der Waals surface area contributed by atoms with Crippen LogP contribution in [0.5, 0.6) is 0 Å². The summed E-state index contributed by atoms with van der Waals surface area (Å²) in [4.78, 5) is 18.2. The molecular weight excluding hydrogens is 269 g/mol. The van der Waals surface area contributed by atoms with Gasteiger partial charge in [0.05, 0.1) is 29.4 Å². The minimum absolute atomic E-state index is 0.217. The van der Waals surface area contributed by atoms with E-state index in [0.717, 1.165) is 0 Å². The highest BCUT2D eigenvalue weighted by molar-refractivity contribution is 5.98. The fourth-order valence-electron chi connectivity index (χ4n) is 2.55. The number of nitriles is 1. The SMILES string of the molecule is CC(c1ccccc1F)N1Cc2ncc(C#N)cc2C1=O. The fourth-order valence-corrected chi connectivity index (χ4v) is 2.55. The molecule has 1 aliphatic heterocycles. The molecule has 0 fully saturated rings. The highest BCUT2D eigenvalue weighted by atomic mass is 19.1. The van der Waals surface area contributed by atoms with Crippen LogP contribution in [0.1, 0.15) is 40.1 Å². The summed E-state index contributed by atoms with van der Waals surface area (Å²) in [6.07, 6.45) is 1.45. The number of amides is 1. The molecule has 0 aliphatic carbocycles. The van der Waals surface area contributed by atoms with E-state index in [-0.39, 0.29) is 11.7 Å². The normalized spacial score (nSPS) is 14.7. The molecule has 1 unspecified atom stereocenters. The number of rotatable bonds is 2. The molecule has 0 N–H and O–H groups in total. The second-order valence-electron chi connectivity index (χ2n) is 4.96. The third-order valence-electron chi connectivity index (χ3n) is 3.73. The zero-order valence-corrected chi connectivity index (χ0v) is 11.4. The van der Waals surface area contributed by atoms with Crippen molar-refractivity contribution >= 4 is 5.91 Å². The standard InChI is InChI=1S/C16H12FN3O/c1-10(12-4-2-3-5-14(12)17)20-9-15-13(16(20)21)6-11(7-18)8-19-15/h2-6,8,10H,9H2,1H3. The molecule has 1 atom stereocenters. The van der Waals surface area contributed by atoms with Crippen LogP contribution in [0.25, 0.3) is 0 Å². The average Bonchev–Trinajstić information content (AvgIpc) is 2.83. The summed E-state index contributed by atoms with van der Waals surface area (Å²) in [6, 6.07) is 9.53. The smallest absolute Gasteiger partial charge is 0.256 e. The molecule has 2 heterocycles. The molecule has 0 radical (unpaired) electrons. The van der Waals surface area contributed by atoms with Crippen LogP contribution < -0.4 is 0 Å². The van der Waals surface area contributed by atoms with Gasteiger partial charge in [-0.1, -0.05) is 18.2 Å². The van der Waals surface area contributed by atoms with Gasteiger partial charge in [0, 0.05) is 11.8 Å². The van der Waals surface area contributed by atoms with E-state index in [0.29, 0.717) is 28.9 Å². The van der Waals surface area contributed by atoms with Crippen molar-refractivity contribution in [2.45, 2.75) is 19.5 Å². The number of aromatic nitrogens is 1. The maximum atomic E-state index is 13.9. The highest BCUT2D eigenvalue weighted by Gasteiger charge is 2.33. The van der Waals surface area contributed by atoms with Crippen molar-refractivity contribution < 1.29 is 9.18 Å². The van der Waals surface area contributed by atoms with Crippen LogP contribution in [0.4, 0.5) is 4.39 Å². The van der Waals surface area contributed by atoms with Gasteiger partial charge in [0.25, 0.3) is 5.91 Å². The van der Waals surface area contributed by atoms with Gasteiger partial charge < -0.3 is 4.90 Å². The van der Waals surface area contributed by atoms with Crippen LogP contribution in [-0.2, 0) is 6.54 Å². The first-order chi connectivity index (χ1) is 10.1. The molecule has 21 heavy (non-hydrogen) atoms. The Morgan fingerprint density at radius 3 is 2.90 bits per heavy atom. The van der Waals surface area contributed by atoms with Crippen LogP contribution >= 0.6 is 0 Å². The van der Waals surface area contributed by atoms with Crippen molar-refractivity contribution in [3.8, 4) is 6.07 Å². The second kappa shape index (κ2) is 4.98. The number of halogens is 1. The first-order valence-electron chi connectivity index (χ1n) is 6.56. The Kier molecular flexibility index (Phi) is 3.15. The number of hydrogen-bond acceptors (Lipinski definition) is 3. The molecule has 0 saturated carbocycles. The summed E-state index contributed by atoms with van der Waals surface area (Å²) in [7, 11) is 0. The molecule has 0 saturated heterocycles. The Morgan fingerprint density at radius 1 is 1.43 bits per heavy atom. The molecule has 5 heteroatoms. The first-order valence-corrected chi connectivity index (χ1v) is 6.56. The third-order valence-corrected chi connectivity index (χ3v) is 3.73. The predicted octanol–water partition coefficient (Wildman–Crippen LogP) is 2.81. The molecule has 0 spiro atoms. The molecule has 1 aliphatic rings. The maximum Gasteiger partial charge on any atom is 0.256 e. The van der Waals surface area contributed by atoms with E-state index >= 15 is 0 Å². The van der Waals surface area contributed by atoms with E-state index in [9.17, 15) is 9.18 Å². The zero-order chi connectivity index (χ0) is 15.0. The topological polar surface area (TPSA) is 57.0 Å². The van der Waals surface area contributed by atoms with Crippen LogP contribution in [0.2, 0.25) is 0 Å². The number of hydrogen-bond donors (Lipinski definition) is 0. The summed E-state index contributed by atoms with van der Waals surface area (Å²) < 4.78 is 13.9. The Morgan fingerprint density at radius 2 is 2.19 bits per heavy atom. The molecule has 2 aromatic rings. The van der Waals surface area contributed by atoms with Gasteiger partial charge in [-0.3, -0.25) is 9.78 Å². The van der Waals surface area contributed by atoms with Crippen molar-refractivity contribution in [3.63, 3.8) is 0 Å². The van der Waals surface area contributed by atoms with Crippen molar-refractivity contribution in [2.24, 2.45) is 0 Å². The number of fused-ring (bicyclic) bond motifs is 1. The lowest BCUT2D eigenvalue weighted by Crippen LogP contribution is -2.27. The summed E-state index contributed by atoms with van der Waals surface area (Å²) in [5.74, 6) is -0.551. The van der Waals surface area contributed by atoms with Gasteiger partial charge in [0.2, 0.25) is 0 Å². The van der Waals surface area contributed by atoms with E-state index in [1.54, 1.807) is 36.1 Å². The van der Waals surface area contributed by atoms with Gasteiger partial charge in [-0.25, -0.2) is 4.39 Å². The molecule has 1 aromatic heterocycles. The fraction of sp³-hybridized carbons (Fsp3) is 0.188. The largest absolute Gasteiger partial charge is 0.326 e. The van der Waals surface area contributed by atoms with Gasteiger partial charge in [-0.2, -0.15) is 5.26 Å². The van der Waals surface area contributed by atoms with Crippen molar-refractivity contribution in [1.82, 2.24) is 9.88 Å². The number of benzene rings is 1. The number of nitrogens with zero attached hydrogens (tertiary/aromatic N) is 3. The van der Waals surface area contributed by atoms with Gasteiger partial charge in [-0.15, -0.1) is 0 Å². The average molecular weight is 281 g/mol. The van der Waals surface area contributed by atoms with E-state index in [2.05, 4.69) is 4.98 Å². The quantitative estimate of drug-likeness (QED) is 0.850. The van der Waals surface area contributed by atoms with Gasteiger partial charge in [-0.05, 0) is 19.1 Å². The number of carbonyl (C=O) groups excluding carboxylic acids is 1. The predicted molar refractivity (Wildman–Crippen MR) is 73.6 cm³/mol. The van der Waals surface area contributed by atoms with Crippen LogP contribution in [0.15, 0.2) is 36.5 Å². The maximum absolute atomic E-state index is 13.9. The Labute approximate surface area is 121 Å². The zero-order valence-electron chi connectivity index (χ0n) is 11.4. The molecule has 0 bridgehead atoms. The molecular formula is C16H12FN3O. The van der Waals surface area contributed by atoms with Gasteiger partial charge in [0.15, 0.2) is 0 Å². The Hall–Kier alpha value is -2.74. The first kappa shape index (κ1) is 13.3. The molecule has 104 valence electrons. The number of carbonyl (C=O) groups is 1. The molecule has 3 rings (SSSR count). The van der Waals surface area contributed by atoms with Crippen molar-refractivity contribution in [2.75, 3.05) is 0 Å². The van der Waals surface area contributed by atoms with Crippen molar-refractivity contribution in [1.29, 1.82) is 5.26 Å². The minimum Gasteiger partial charge on any atom is -0.326 e. The summed E-state index contributed by atoms with van der Waals surface area (Å²) in [5.41, 5.74) is 1.88. The van der Waals surface area contributed by atoms with Crippen molar-refractivity contribution in [3.05, 3.63) is 64.7 Å². The third kappa shape index (κ3) is 2.15. The minimum atomic E-state index is -0.390. The van der Waals surface area contributed by atoms with E-state index in [1.807, 2.05) is 6.07 Å². The van der Waals surface area contributed by atoms with E-state index < -0.39 is 6.04 Å². The van der Waals surface area contributed by atoms with Crippen LogP contribution in [0.3, 0.4) is 0 Å². The highest BCUT2D eigenvalue weighted by Crippen LogP contribution is 2.31. The summed E-state index contributed by atoms with van der Waals surface area (Å²) in [5, 5.41) is 8.88. The Bertz CT molecular complexity index is 766. The monoisotopic (exact) mass is 281 g/mol. The van der Waals surface area contributed by atoms with Gasteiger partial charge in [0.1, 0.15) is 11.9 Å².